The van der Waals surface area contributed by atoms with Crippen LogP contribution in [0.3, 0.4) is 0 Å². The van der Waals surface area contributed by atoms with Crippen molar-refractivity contribution in [1.29, 1.82) is 0 Å². The zero-order chi connectivity index (χ0) is 12.8. The molecule has 0 aromatic carbocycles. The molecular formula is C13H26O3Si. The lowest BCUT2D eigenvalue weighted by atomic mass is 9.94. The van der Waals surface area contributed by atoms with Crippen molar-refractivity contribution in [1.82, 2.24) is 0 Å². The molecule has 100 valence electrons. The lowest BCUT2D eigenvalue weighted by Gasteiger charge is -2.33. The molecule has 0 aliphatic heterocycles. The second-order valence-corrected chi connectivity index (χ2v) is 10.9. The minimum Gasteiger partial charge on any atom is -0.351 e. The van der Waals surface area contributed by atoms with Gasteiger partial charge in [-0.3, -0.25) is 0 Å². The van der Waals surface area contributed by atoms with Gasteiger partial charge in [0.1, 0.15) is 6.61 Å². The Morgan fingerprint density at radius 1 is 1.12 bits per heavy atom. The molecule has 0 bridgehead atoms. The Morgan fingerprint density at radius 3 is 2.29 bits per heavy atom. The van der Waals surface area contributed by atoms with Gasteiger partial charge in [-0.25, -0.2) is 9.78 Å². The first-order chi connectivity index (χ1) is 7.97. The summed E-state index contributed by atoms with van der Waals surface area (Å²) in [6, 6.07) is 0. The van der Waals surface area contributed by atoms with E-state index in [2.05, 4.69) is 31.4 Å². The molecule has 0 amide bonds. The van der Waals surface area contributed by atoms with Gasteiger partial charge in [-0.05, 0) is 12.8 Å². The molecule has 0 saturated heterocycles. The first-order valence-electron chi connectivity index (χ1n) is 6.51. The second-order valence-electron chi connectivity index (χ2n) is 5.81. The summed E-state index contributed by atoms with van der Waals surface area (Å²) in [5.41, 5.74) is 2.26. The first-order valence-corrected chi connectivity index (χ1v) is 10.1. The zero-order valence-electron chi connectivity index (χ0n) is 11.6. The lowest BCUT2D eigenvalue weighted by molar-refractivity contribution is -0.427. The number of rotatable bonds is 6. The van der Waals surface area contributed by atoms with Crippen LogP contribution in [0.5, 0.6) is 0 Å². The molecule has 0 heterocycles. The quantitative estimate of drug-likeness (QED) is 0.239. The molecule has 3 nitrogen and oxygen atoms in total. The average molecular weight is 258 g/mol. The largest absolute Gasteiger partial charge is 0.351 e. The first kappa shape index (κ1) is 14.9. The SMILES string of the molecule is COC1(OOC/C=C\[Si](C)(C)C)CCCCC1. The van der Waals surface area contributed by atoms with Crippen LogP contribution in [0.25, 0.3) is 0 Å². The zero-order valence-corrected chi connectivity index (χ0v) is 12.6. The third-order valence-electron chi connectivity index (χ3n) is 2.98. The molecule has 1 aliphatic carbocycles. The molecule has 1 fully saturated rings. The molecule has 17 heavy (non-hydrogen) atoms. The van der Waals surface area contributed by atoms with Gasteiger partial charge in [0.15, 0.2) is 0 Å². The van der Waals surface area contributed by atoms with Crippen molar-refractivity contribution < 1.29 is 14.5 Å². The van der Waals surface area contributed by atoms with Gasteiger partial charge in [-0.1, -0.05) is 37.8 Å². The third kappa shape index (κ3) is 5.81. The highest BCUT2D eigenvalue weighted by atomic mass is 28.3. The van der Waals surface area contributed by atoms with Crippen LogP contribution in [0.4, 0.5) is 0 Å². The number of ether oxygens (including phenoxy) is 1. The van der Waals surface area contributed by atoms with E-state index in [1.54, 1.807) is 7.11 Å². The van der Waals surface area contributed by atoms with Crippen LogP contribution in [0.2, 0.25) is 19.6 Å². The highest BCUT2D eigenvalue weighted by Crippen LogP contribution is 2.32. The normalized spacial score (nSPS) is 20.9. The van der Waals surface area contributed by atoms with Crippen LogP contribution in [0.15, 0.2) is 11.8 Å². The van der Waals surface area contributed by atoms with Crippen molar-refractivity contribution in [3.05, 3.63) is 11.8 Å². The molecule has 1 saturated carbocycles. The Kier molecular flexibility index (Phi) is 5.86. The molecule has 0 atom stereocenters. The molecule has 0 aromatic heterocycles. The molecule has 0 N–H and O–H groups in total. The number of hydrogen-bond acceptors (Lipinski definition) is 3. The van der Waals surface area contributed by atoms with E-state index in [-0.39, 0.29) is 0 Å². The van der Waals surface area contributed by atoms with Gasteiger partial charge < -0.3 is 4.74 Å². The maximum atomic E-state index is 5.48. The van der Waals surface area contributed by atoms with Gasteiger partial charge in [0, 0.05) is 20.0 Å². The van der Waals surface area contributed by atoms with E-state index in [0.29, 0.717) is 6.61 Å². The standard InChI is InChI=1S/C13H26O3Si/c1-14-13(9-6-5-7-10-13)16-15-11-8-12-17(2,3)4/h8,12H,5-7,9-11H2,1-4H3/b12-8-. The molecule has 0 unspecified atom stereocenters. The predicted molar refractivity (Wildman–Crippen MR) is 72.3 cm³/mol. The fraction of sp³-hybridized carbons (Fsp3) is 0.846. The van der Waals surface area contributed by atoms with Gasteiger partial charge in [0.05, 0.1) is 8.07 Å². The van der Waals surface area contributed by atoms with Crippen LogP contribution >= 0.6 is 0 Å². The molecule has 1 aliphatic rings. The Balaban J connectivity index is 2.26. The second kappa shape index (κ2) is 6.68. The van der Waals surface area contributed by atoms with Crippen molar-refractivity contribution in [2.75, 3.05) is 13.7 Å². The van der Waals surface area contributed by atoms with Crippen molar-refractivity contribution in [2.45, 2.75) is 57.5 Å². The molecular weight excluding hydrogens is 232 g/mol. The number of methoxy groups -OCH3 is 1. The van der Waals surface area contributed by atoms with Gasteiger partial charge in [0.25, 0.3) is 0 Å². The third-order valence-corrected chi connectivity index (χ3v) is 4.22. The van der Waals surface area contributed by atoms with Crippen LogP contribution in [-0.4, -0.2) is 27.6 Å². The van der Waals surface area contributed by atoms with Crippen LogP contribution in [0, 0.1) is 0 Å². The maximum absolute atomic E-state index is 5.48. The highest BCUT2D eigenvalue weighted by molar-refractivity contribution is 6.80. The summed E-state index contributed by atoms with van der Waals surface area (Å²) in [5.74, 6) is -0.495. The summed E-state index contributed by atoms with van der Waals surface area (Å²) in [4.78, 5) is 10.7. The van der Waals surface area contributed by atoms with Crippen molar-refractivity contribution in [2.24, 2.45) is 0 Å². The van der Waals surface area contributed by atoms with Gasteiger partial charge in [0.2, 0.25) is 5.79 Å². The van der Waals surface area contributed by atoms with E-state index in [9.17, 15) is 0 Å². The lowest BCUT2D eigenvalue weighted by Crippen LogP contribution is -2.37. The topological polar surface area (TPSA) is 27.7 Å². The smallest absolute Gasteiger partial charge is 0.201 e. The van der Waals surface area contributed by atoms with E-state index in [1.165, 1.54) is 6.42 Å². The van der Waals surface area contributed by atoms with Gasteiger partial charge >= 0.3 is 0 Å². The van der Waals surface area contributed by atoms with Crippen LogP contribution in [0.1, 0.15) is 32.1 Å². The summed E-state index contributed by atoms with van der Waals surface area (Å²) in [6.07, 6.45) is 7.49. The van der Waals surface area contributed by atoms with Crippen LogP contribution in [-0.2, 0) is 14.5 Å². The fourth-order valence-electron chi connectivity index (χ4n) is 1.99. The highest BCUT2D eigenvalue weighted by Gasteiger charge is 2.34. The van der Waals surface area contributed by atoms with Crippen molar-refractivity contribution in [3.8, 4) is 0 Å². The van der Waals surface area contributed by atoms with E-state index >= 15 is 0 Å². The van der Waals surface area contributed by atoms with Gasteiger partial charge in [-0.2, -0.15) is 0 Å². The van der Waals surface area contributed by atoms with Crippen LogP contribution < -0.4 is 0 Å². The van der Waals surface area contributed by atoms with Crippen molar-refractivity contribution >= 4 is 8.07 Å². The Labute approximate surface area is 106 Å². The van der Waals surface area contributed by atoms with E-state index in [1.807, 2.05) is 0 Å². The molecule has 0 radical (unpaired) electrons. The minimum atomic E-state index is -1.12. The summed E-state index contributed by atoms with van der Waals surface area (Å²) in [7, 11) is 0.580. The summed E-state index contributed by atoms with van der Waals surface area (Å²) in [6.45, 7) is 7.39. The Morgan fingerprint density at radius 2 is 1.76 bits per heavy atom. The summed E-state index contributed by atoms with van der Waals surface area (Å²) in [5, 5.41) is 0. The molecule has 0 spiro atoms. The number of hydrogen-bond donors (Lipinski definition) is 0. The maximum Gasteiger partial charge on any atom is 0.201 e. The van der Waals surface area contributed by atoms with E-state index in [4.69, 9.17) is 14.5 Å². The Hall–Kier alpha value is -0.163. The monoisotopic (exact) mass is 258 g/mol. The minimum absolute atomic E-state index is 0.495. The molecule has 4 heteroatoms. The van der Waals surface area contributed by atoms with Gasteiger partial charge in [-0.15, -0.1) is 0 Å². The summed E-state index contributed by atoms with van der Waals surface area (Å²) >= 11 is 0. The average Bonchev–Trinajstić information content (AvgIpc) is 2.28. The van der Waals surface area contributed by atoms with Crippen molar-refractivity contribution in [3.63, 3.8) is 0 Å². The Bertz CT molecular complexity index is 240. The van der Waals surface area contributed by atoms with E-state index in [0.717, 1.165) is 25.7 Å². The summed E-state index contributed by atoms with van der Waals surface area (Å²) < 4.78 is 5.46. The molecule has 0 aromatic rings. The molecule has 1 rings (SSSR count). The predicted octanol–water partition coefficient (Wildman–Crippen LogP) is 3.68. The fourth-order valence-corrected chi connectivity index (χ4v) is 2.80. The van der Waals surface area contributed by atoms with E-state index < -0.39 is 13.9 Å².